The number of aliphatic hydroxyl groups excluding tert-OH is 1. The van der Waals surface area contributed by atoms with E-state index >= 15 is 0 Å². The minimum Gasteiger partial charge on any atom is -0.391 e. The molecule has 2 atom stereocenters. The minimum atomic E-state index is -0.566. The summed E-state index contributed by atoms with van der Waals surface area (Å²) < 4.78 is 16.6. The predicted molar refractivity (Wildman–Crippen MR) is 127 cm³/mol. The van der Waals surface area contributed by atoms with Crippen molar-refractivity contribution in [2.45, 2.75) is 63.1 Å². The zero-order valence-electron chi connectivity index (χ0n) is 18.5. The molecule has 2 fully saturated rings. The molecular weight excluding hydrogens is 461 g/mol. The maximum atomic E-state index is 14.6. The topological polar surface area (TPSA) is 131 Å². The Morgan fingerprint density at radius 3 is 2.68 bits per heavy atom. The van der Waals surface area contributed by atoms with Gasteiger partial charge in [-0.25, -0.2) is 14.4 Å². The average molecular weight is 488 g/mol. The number of nitrogens with zero attached hydrogens (tertiary/aromatic N) is 4. The number of rotatable bonds is 6. The first kappa shape index (κ1) is 22.8. The van der Waals surface area contributed by atoms with E-state index in [1.54, 1.807) is 18.3 Å². The fraction of sp³-hybridized carbons (Fsp3) is 0.478. The molecule has 9 nitrogen and oxygen atoms in total. The van der Waals surface area contributed by atoms with Gasteiger partial charge in [0.1, 0.15) is 5.52 Å². The van der Waals surface area contributed by atoms with Gasteiger partial charge in [-0.3, -0.25) is 9.36 Å². The molecule has 0 radical (unpaired) electrons. The molecule has 5 N–H and O–H groups in total. The fourth-order valence-electron chi connectivity index (χ4n) is 5.01. The van der Waals surface area contributed by atoms with Crippen molar-refractivity contribution in [3.63, 3.8) is 0 Å². The van der Waals surface area contributed by atoms with Crippen LogP contribution in [0, 0.1) is 11.7 Å². The summed E-state index contributed by atoms with van der Waals surface area (Å²) in [6.07, 6.45) is 6.47. The first-order chi connectivity index (χ1) is 16.4. The molecule has 11 heteroatoms. The van der Waals surface area contributed by atoms with E-state index in [4.69, 9.17) is 22.3 Å². The van der Waals surface area contributed by atoms with Gasteiger partial charge in [-0.1, -0.05) is 17.7 Å². The summed E-state index contributed by atoms with van der Waals surface area (Å²) >= 11 is 5.97. The van der Waals surface area contributed by atoms with Gasteiger partial charge in [-0.15, -0.1) is 0 Å². The smallest absolute Gasteiger partial charge is 0.225 e. The van der Waals surface area contributed by atoms with Crippen molar-refractivity contribution in [1.29, 1.82) is 0 Å². The van der Waals surface area contributed by atoms with Crippen molar-refractivity contribution in [1.82, 2.24) is 19.5 Å². The van der Waals surface area contributed by atoms with Crippen LogP contribution in [-0.4, -0.2) is 42.7 Å². The summed E-state index contributed by atoms with van der Waals surface area (Å²) in [5, 5.41) is 16.5. The molecule has 180 valence electrons. The molecule has 2 aliphatic carbocycles. The second-order valence-corrected chi connectivity index (χ2v) is 9.50. The Bertz CT molecular complexity index is 1210. The van der Waals surface area contributed by atoms with Gasteiger partial charge in [0.05, 0.1) is 29.1 Å². The van der Waals surface area contributed by atoms with Crippen molar-refractivity contribution in [2.24, 2.45) is 11.7 Å². The van der Waals surface area contributed by atoms with E-state index in [2.05, 4.69) is 20.6 Å². The van der Waals surface area contributed by atoms with Crippen LogP contribution in [0.15, 0.2) is 24.4 Å². The number of aliphatic hydroxyl groups is 1. The van der Waals surface area contributed by atoms with Gasteiger partial charge in [0, 0.05) is 12.0 Å². The highest BCUT2D eigenvalue weighted by Gasteiger charge is 2.30. The summed E-state index contributed by atoms with van der Waals surface area (Å²) in [5.41, 5.74) is 6.87. The molecule has 0 saturated heterocycles. The van der Waals surface area contributed by atoms with Gasteiger partial charge in [-0.2, -0.15) is 4.98 Å². The number of hydrogen-bond acceptors (Lipinski definition) is 7. The lowest BCUT2D eigenvalue weighted by Crippen LogP contribution is -2.29. The van der Waals surface area contributed by atoms with Gasteiger partial charge in [0.15, 0.2) is 11.5 Å². The fourth-order valence-corrected chi connectivity index (χ4v) is 5.18. The summed E-state index contributed by atoms with van der Waals surface area (Å²) in [7, 11) is 0. The lowest BCUT2D eigenvalue weighted by molar-refractivity contribution is -0.122. The number of carbonyl (C=O) groups is 1. The zero-order valence-corrected chi connectivity index (χ0v) is 19.3. The SMILES string of the molecule is NC(=O)[C@H]1CC[C@@H](n2c(Nc3cccc(Cl)c3F)nc3cnc(N[C@@H]4CCC[C@H]4O)nc32)CC1. The summed E-state index contributed by atoms with van der Waals surface area (Å²) in [6, 6.07) is 4.63. The Labute approximate surface area is 200 Å². The van der Waals surface area contributed by atoms with Gasteiger partial charge in [-0.05, 0) is 57.1 Å². The zero-order chi connectivity index (χ0) is 23.8. The lowest BCUT2D eigenvalue weighted by atomic mass is 9.85. The van der Waals surface area contributed by atoms with Crippen LogP contribution in [0.4, 0.5) is 22.0 Å². The minimum absolute atomic E-state index is 0.00911. The van der Waals surface area contributed by atoms with E-state index in [0.717, 1.165) is 19.3 Å². The second kappa shape index (κ2) is 9.34. The first-order valence-corrected chi connectivity index (χ1v) is 12.0. The van der Waals surface area contributed by atoms with Crippen LogP contribution < -0.4 is 16.4 Å². The normalized spacial score (nSPS) is 24.9. The molecular formula is C23H27ClFN7O2. The quantitative estimate of drug-likeness (QED) is 0.414. The number of fused-ring (bicyclic) bond motifs is 1. The molecule has 0 aliphatic heterocycles. The molecule has 0 bridgehead atoms. The first-order valence-electron chi connectivity index (χ1n) is 11.6. The van der Waals surface area contributed by atoms with Crippen LogP contribution in [0.2, 0.25) is 5.02 Å². The van der Waals surface area contributed by atoms with E-state index in [9.17, 15) is 14.3 Å². The maximum Gasteiger partial charge on any atom is 0.225 e. The van der Waals surface area contributed by atoms with Crippen LogP contribution in [0.25, 0.3) is 11.2 Å². The van der Waals surface area contributed by atoms with Gasteiger partial charge in [0.25, 0.3) is 0 Å². The van der Waals surface area contributed by atoms with E-state index in [1.807, 2.05) is 4.57 Å². The molecule has 0 unspecified atom stereocenters. The number of benzene rings is 1. The number of imidazole rings is 1. The summed E-state index contributed by atoms with van der Waals surface area (Å²) in [6.45, 7) is 0. The number of primary amides is 1. The largest absolute Gasteiger partial charge is 0.391 e. The van der Waals surface area contributed by atoms with E-state index in [1.165, 1.54) is 6.07 Å². The Balaban J connectivity index is 1.52. The standard InChI is InChI=1S/C23H27ClFN7O2/c24-14-3-1-5-16(19(14)25)29-23-30-17-11-27-22(28-15-4-2-6-18(15)33)31-21(17)32(23)13-9-7-12(8-10-13)20(26)34/h1,3,5,11-13,15,18,33H,2,4,6-10H2,(H2,26,34)(H,29,30)(H,27,28,31)/t12-,13+,15-,18-/m1/s1. The van der Waals surface area contributed by atoms with Crippen molar-refractivity contribution in [2.75, 3.05) is 10.6 Å². The van der Waals surface area contributed by atoms with Crippen LogP contribution in [-0.2, 0) is 4.79 Å². The van der Waals surface area contributed by atoms with Crippen molar-refractivity contribution < 1.29 is 14.3 Å². The third-order valence-corrected chi connectivity index (χ3v) is 7.18. The Morgan fingerprint density at radius 2 is 1.97 bits per heavy atom. The number of amides is 1. The maximum absolute atomic E-state index is 14.6. The number of nitrogens with two attached hydrogens (primary N) is 1. The molecule has 5 rings (SSSR count). The van der Waals surface area contributed by atoms with Crippen molar-refractivity contribution in [3.8, 4) is 0 Å². The number of anilines is 3. The molecule has 0 spiro atoms. The highest BCUT2D eigenvalue weighted by atomic mass is 35.5. The molecule has 2 heterocycles. The third-order valence-electron chi connectivity index (χ3n) is 6.89. The average Bonchev–Trinajstić information content (AvgIpc) is 3.39. The number of halogens is 2. The van der Waals surface area contributed by atoms with E-state index in [-0.39, 0.29) is 34.6 Å². The number of carbonyl (C=O) groups excluding carboxylic acids is 1. The molecule has 1 aromatic carbocycles. The molecule has 1 amide bonds. The van der Waals surface area contributed by atoms with Crippen molar-refractivity contribution in [3.05, 3.63) is 35.2 Å². The molecule has 2 aromatic heterocycles. The summed E-state index contributed by atoms with van der Waals surface area (Å²) in [4.78, 5) is 25.4. The number of aromatic nitrogens is 4. The predicted octanol–water partition coefficient (Wildman–Crippen LogP) is 3.90. The molecule has 34 heavy (non-hydrogen) atoms. The van der Waals surface area contributed by atoms with Crippen molar-refractivity contribution >= 4 is 46.3 Å². The second-order valence-electron chi connectivity index (χ2n) is 9.09. The monoisotopic (exact) mass is 487 g/mol. The van der Waals surface area contributed by atoms with Crippen LogP contribution in [0.5, 0.6) is 0 Å². The molecule has 2 aliphatic rings. The van der Waals surface area contributed by atoms with Gasteiger partial charge in [0.2, 0.25) is 17.8 Å². The molecule has 3 aromatic rings. The van der Waals surface area contributed by atoms with Gasteiger partial charge < -0.3 is 21.5 Å². The number of hydrogen-bond donors (Lipinski definition) is 4. The highest BCUT2D eigenvalue weighted by molar-refractivity contribution is 6.31. The third kappa shape index (κ3) is 4.39. The Hall–Kier alpha value is -2.98. The lowest BCUT2D eigenvalue weighted by Gasteiger charge is -2.29. The van der Waals surface area contributed by atoms with Crippen LogP contribution in [0.3, 0.4) is 0 Å². The summed E-state index contributed by atoms with van der Waals surface area (Å²) in [5.74, 6) is -0.165. The number of nitrogens with one attached hydrogen (secondary N) is 2. The highest BCUT2D eigenvalue weighted by Crippen LogP contribution is 2.37. The van der Waals surface area contributed by atoms with E-state index in [0.29, 0.717) is 48.7 Å². The molecule has 2 saturated carbocycles. The Morgan fingerprint density at radius 1 is 1.18 bits per heavy atom. The van der Waals surface area contributed by atoms with Gasteiger partial charge >= 0.3 is 0 Å². The Kier molecular flexibility index (Phi) is 6.26. The van der Waals surface area contributed by atoms with E-state index < -0.39 is 11.9 Å². The van der Waals surface area contributed by atoms with Crippen LogP contribution >= 0.6 is 11.6 Å². The van der Waals surface area contributed by atoms with Crippen LogP contribution in [0.1, 0.15) is 51.0 Å².